The summed E-state index contributed by atoms with van der Waals surface area (Å²) in [4.78, 5) is 29.6. The minimum atomic E-state index is -0.643. The molecule has 8 nitrogen and oxygen atoms in total. The third-order valence-electron chi connectivity index (χ3n) is 3.57. The predicted molar refractivity (Wildman–Crippen MR) is 93.6 cm³/mol. The van der Waals surface area contributed by atoms with E-state index in [1.807, 2.05) is 43.3 Å². The van der Waals surface area contributed by atoms with E-state index in [-0.39, 0.29) is 18.3 Å². The highest BCUT2D eigenvalue weighted by Gasteiger charge is 2.18. The lowest BCUT2D eigenvalue weighted by Gasteiger charge is -2.18. The molecule has 1 amide bonds. The van der Waals surface area contributed by atoms with Crippen LogP contribution in [0.1, 0.15) is 5.56 Å². The zero-order valence-electron chi connectivity index (χ0n) is 14.4. The van der Waals surface area contributed by atoms with Gasteiger partial charge < -0.3 is 24.7 Å². The molecular weight excluding hydrogens is 324 g/mol. The molecule has 0 fully saturated rings. The van der Waals surface area contributed by atoms with Crippen LogP contribution >= 0.6 is 0 Å². The maximum absolute atomic E-state index is 12.2. The van der Waals surface area contributed by atoms with Crippen LogP contribution in [0.25, 0.3) is 0 Å². The normalized spacial score (nSPS) is 10.2. The van der Waals surface area contributed by atoms with Crippen molar-refractivity contribution in [1.29, 1.82) is 0 Å². The third kappa shape index (κ3) is 4.90. The van der Waals surface area contributed by atoms with Gasteiger partial charge in [-0.3, -0.25) is 4.79 Å². The van der Waals surface area contributed by atoms with E-state index in [0.717, 1.165) is 11.3 Å². The third-order valence-corrected chi connectivity index (χ3v) is 3.57. The molecule has 0 saturated carbocycles. The van der Waals surface area contributed by atoms with Crippen LogP contribution in [0.3, 0.4) is 0 Å². The maximum atomic E-state index is 12.2. The zero-order valence-corrected chi connectivity index (χ0v) is 14.4. The molecule has 1 heterocycles. The average molecular weight is 344 g/mol. The lowest BCUT2D eigenvalue weighted by molar-refractivity contribution is -0.390. The lowest BCUT2D eigenvalue weighted by atomic mass is 10.2. The fraction of sp³-hybridized carbons (Fsp3) is 0.294. The monoisotopic (exact) mass is 344 g/mol. The molecule has 0 atom stereocenters. The topological polar surface area (TPSA) is 88.8 Å². The number of hydrogen-bond donors (Lipinski definition) is 0. The van der Waals surface area contributed by atoms with Crippen LogP contribution in [-0.4, -0.2) is 48.5 Å². The van der Waals surface area contributed by atoms with E-state index in [1.165, 1.54) is 23.2 Å². The first-order valence-electron chi connectivity index (χ1n) is 7.61. The average Bonchev–Trinajstić information content (AvgIpc) is 2.60. The van der Waals surface area contributed by atoms with Crippen molar-refractivity contribution >= 4 is 17.4 Å². The van der Waals surface area contributed by atoms with E-state index in [2.05, 4.69) is 4.98 Å². The lowest BCUT2D eigenvalue weighted by Crippen LogP contribution is -2.31. The van der Waals surface area contributed by atoms with Gasteiger partial charge in [0, 0.05) is 33.4 Å². The van der Waals surface area contributed by atoms with Gasteiger partial charge in [-0.2, -0.15) is 0 Å². The number of anilines is 1. The molecule has 0 N–H and O–H groups in total. The Morgan fingerprint density at radius 2 is 1.88 bits per heavy atom. The fourth-order valence-corrected chi connectivity index (χ4v) is 2.14. The van der Waals surface area contributed by atoms with Gasteiger partial charge in [-0.05, 0) is 39.7 Å². The highest BCUT2D eigenvalue weighted by atomic mass is 16.6. The predicted octanol–water partition coefficient (Wildman–Crippen LogP) is 2.09. The van der Waals surface area contributed by atoms with Gasteiger partial charge in [-0.15, -0.1) is 0 Å². The standard InChI is InChI=1S/C17H20N4O4/c1-19(2)14-8-6-13(7-9-14)11-20(3)16(22)12-25-15-5-4-10-18-17(15)21(23)24/h4-10H,11-12H2,1-3H3. The molecule has 2 rings (SSSR count). The second kappa shape index (κ2) is 8.09. The van der Waals surface area contributed by atoms with Crippen LogP contribution in [0, 0.1) is 10.1 Å². The number of rotatable bonds is 7. The van der Waals surface area contributed by atoms with Crippen molar-refractivity contribution in [2.45, 2.75) is 6.54 Å². The first-order chi connectivity index (χ1) is 11.9. The molecule has 0 bridgehead atoms. The first-order valence-corrected chi connectivity index (χ1v) is 7.61. The number of ether oxygens (including phenoxy) is 1. The number of benzene rings is 1. The molecule has 8 heteroatoms. The highest BCUT2D eigenvalue weighted by Crippen LogP contribution is 2.22. The Kier molecular flexibility index (Phi) is 5.89. The van der Waals surface area contributed by atoms with Crippen LogP contribution in [0.15, 0.2) is 42.6 Å². The zero-order chi connectivity index (χ0) is 18.4. The van der Waals surface area contributed by atoms with Gasteiger partial charge in [0.2, 0.25) is 5.75 Å². The molecular formula is C17H20N4O4. The highest BCUT2D eigenvalue weighted by molar-refractivity contribution is 5.77. The van der Waals surface area contributed by atoms with E-state index in [0.29, 0.717) is 6.54 Å². The van der Waals surface area contributed by atoms with E-state index in [1.54, 1.807) is 7.05 Å². The van der Waals surface area contributed by atoms with Crippen LogP contribution in [-0.2, 0) is 11.3 Å². The summed E-state index contributed by atoms with van der Waals surface area (Å²) >= 11 is 0. The van der Waals surface area contributed by atoms with E-state index < -0.39 is 10.7 Å². The van der Waals surface area contributed by atoms with Crippen LogP contribution in [0.4, 0.5) is 11.5 Å². The van der Waals surface area contributed by atoms with Crippen molar-refractivity contribution in [2.75, 3.05) is 32.6 Å². The molecule has 1 aromatic carbocycles. The smallest absolute Gasteiger partial charge is 0.406 e. The number of nitro groups is 1. The summed E-state index contributed by atoms with van der Waals surface area (Å²) in [6, 6.07) is 10.8. The number of hydrogen-bond acceptors (Lipinski definition) is 6. The Morgan fingerprint density at radius 3 is 2.48 bits per heavy atom. The second-order valence-corrected chi connectivity index (χ2v) is 5.68. The number of nitrogens with zero attached hydrogens (tertiary/aromatic N) is 4. The Morgan fingerprint density at radius 1 is 1.20 bits per heavy atom. The largest absolute Gasteiger partial charge is 0.476 e. The Hall–Kier alpha value is -3.16. The van der Waals surface area contributed by atoms with Crippen molar-refractivity contribution in [3.8, 4) is 5.75 Å². The van der Waals surface area contributed by atoms with Crippen molar-refractivity contribution < 1.29 is 14.5 Å². The number of carbonyl (C=O) groups is 1. The number of aromatic nitrogens is 1. The molecule has 0 saturated heterocycles. The van der Waals surface area contributed by atoms with Crippen LogP contribution in [0.5, 0.6) is 5.75 Å². The summed E-state index contributed by atoms with van der Waals surface area (Å²) in [5, 5.41) is 10.9. The minimum absolute atomic E-state index is 0.0235. The van der Waals surface area contributed by atoms with Crippen molar-refractivity contribution in [3.05, 3.63) is 58.3 Å². The molecule has 1 aromatic heterocycles. The molecule has 0 radical (unpaired) electrons. The molecule has 132 valence electrons. The van der Waals surface area contributed by atoms with Gasteiger partial charge in [0.1, 0.15) is 6.20 Å². The molecule has 2 aromatic rings. The molecule has 0 spiro atoms. The number of likely N-dealkylation sites (N-methyl/N-ethyl adjacent to an activating group) is 1. The molecule has 0 unspecified atom stereocenters. The second-order valence-electron chi connectivity index (χ2n) is 5.68. The van der Waals surface area contributed by atoms with Crippen LogP contribution < -0.4 is 9.64 Å². The van der Waals surface area contributed by atoms with Crippen molar-refractivity contribution in [2.24, 2.45) is 0 Å². The molecule has 25 heavy (non-hydrogen) atoms. The Labute approximate surface area is 145 Å². The van der Waals surface area contributed by atoms with Gasteiger partial charge in [-0.25, -0.2) is 0 Å². The number of amides is 1. The SMILES string of the molecule is CN(Cc1ccc(N(C)C)cc1)C(=O)COc1cccnc1[N+](=O)[O-]. The summed E-state index contributed by atoms with van der Waals surface area (Å²) in [6.45, 7) is 0.129. The van der Waals surface area contributed by atoms with Gasteiger partial charge in [0.15, 0.2) is 6.61 Å². The van der Waals surface area contributed by atoms with Crippen molar-refractivity contribution in [1.82, 2.24) is 9.88 Å². The first kappa shape index (κ1) is 18.2. The van der Waals surface area contributed by atoms with Gasteiger partial charge in [-0.1, -0.05) is 12.1 Å². The number of carbonyl (C=O) groups excluding carboxylic acids is 1. The van der Waals surface area contributed by atoms with Gasteiger partial charge in [0.25, 0.3) is 5.91 Å². The summed E-state index contributed by atoms with van der Waals surface area (Å²) in [5.74, 6) is -0.711. The van der Waals surface area contributed by atoms with Gasteiger partial charge in [0.05, 0.1) is 0 Å². The Bertz CT molecular complexity index is 747. The quantitative estimate of drug-likeness (QED) is 0.564. The summed E-state index contributed by atoms with van der Waals surface area (Å²) < 4.78 is 5.27. The number of pyridine rings is 1. The summed E-state index contributed by atoms with van der Waals surface area (Å²) in [7, 11) is 5.57. The van der Waals surface area contributed by atoms with E-state index >= 15 is 0 Å². The minimum Gasteiger partial charge on any atom is -0.476 e. The maximum Gasteiger partial charge on any atom is 0.406 e. The molecule has 0 aliphatic heterocycles. The van der Waals surface area contributed by atoms with Crippen molar-refractivity contribution in [3.63, 3.8) is 0 Å². The fourth-order valence-electron chi connectivity index (χ4n) is 2.14. The Balaban J connectivity index is 1.93. The van der Waals surface area contributed by atoms with E-state index in [4.69, 9.17) is 4.74 Å². The summed E-state index contributed by atoms with van der Waals surface area (Å²) in [5.41, 5.74) is 2.05. The summed E-state index contributed by atoms with van der Waals surface area (Å²) in [6.07, 6.45) is 1.30. The van der Waals surface area contributed by atoms with Gasteiger partial charge >= 0.3 is 5.82 Å². The molecule has 0 aliphatic carbocycles. The van der Waals surface area contributed by atoms with E-state index in [9.17, 15) is 14.9 Å². The van der Waals surface area contributed by atoms with Crippen LogP contribution in [0.2, 0.25) is 0 Å². The molecule has 0 aliphatic rings.